The number of ether oxygens (including phenoxy) is 1. The van der Waals surface area contributed by atoms with Crippen LogP contribution < -0.4 is 10.1 Å². The van der Waals surface area contributed by atoms with E-state index in [-0.39, 0.29) is 12.5 Å². The monoisotopic (exact) mass is 519 g/mol. The van der Waals surface area contributed by atoms with E-state index in [0.29, 0.717) is 18.7 Å². The number of para-hydroxylation sites is 3. The molecular weight excluding hydrogens is 470 g/mol. The Morgan fingerprint density at radius 1 is 0.763 bits per heavy atom. The van der Waals surface area contributed by atoms with Crippen molar-refractivity contribution < 1.29 is 9.53 Å². The summed E-state index contributed by atoms with van der Waals surface area (Å²) in [6.45, 7) is 3.85. The number of aromatic nitrogens is 2. The number of carbonyl (C=O) groups excluding carboxylic acids is 1. The van der Waals surface area contributed by atoms with Crippen LogP contribution in [0.25, 0.3) is 11.0 Å². The van der Waals surface area contributed by atoms with Crippen molar-refractivity contribution in [3.63, 3.8) is 0 Å². The molecule has 0 radical (unpaired) electrons. The number of aryl methyl sites for hydroxylation is 1. The Hall–Kier alpha value is -2.82. The van der Waals surface area contributed by atoms with E-state index in [2.05, 4.69) is 35.0 Å². The highest BCUT2D eigenvalue weighted by atomic mass is 16.5. The zero-order valence-corrected chi connectivity index (χ0v) is 23.6. The summed E-state index contributed by atoms with van der Waals surface area (Å²) in [5.41, 5.74) is 2.22. The molecule has 2 aromatic carbocycles. The number of rotatable bonds is 21. The number of benzene rings is 2. The van der Waals surface area contributed by atoms with Crippen LogP contribution in [0.4, 0.5) is 0 Å². The Labute approximate surface area is 230 Å². The fourth-order valence-electron chi connectivity index (χ4n) is 5.06. The zero-order valence-electron chi connectivity index (χ0n) is 23.6. The van der Waals surface area contributed by atoms with Crippen molar-refractivity contribution in [2.45, 2.75) is 110 Å². The van der Waals surface area contributed by atoms with Gasteiger partial charge in [0, 0.05) is 19.5 Å². The van der Waals surface area contributed by atoms with Crippen molar-refractivity contribution in [1.82, 2.24) is 14.9 Å². The summed E-state index contributed by atoms with van der Waals surface area (Å²) < 4.78 is 7.89. The number of amides is 1. The maximum Gasteiger partial charge on any atom is 0.257 e. The lowest BCUT2D eigenvalue weighted by molar-refractivity contribution is -0.123. The van der Waals surface area contributed by atoms with Gasteiger partial charge in [0.05, 0.1) is 11.0 Å². The van der Waals surface area contributed by atoms with Crippen molar-refractivity contribution in [2.75, 3.05) is 13.2 Å². The predicted molar refractivity (Wildman–Crippen MR) is 159 cm³/mol. The number of fused-ring (bicyclic) bond motifs is 1. The summed E-state index contributed by atoms with van der Waals surface area (Å²) in [4.78, 5) is 17.1. The van der Waals surface area contributed by atoms with Crippen molar-refractivity contribution >= 4 is 16.9 Å². The van der Waals surface area contributed by atoms with Crippen LogP contribution in [-0.4, -0.2) is 28.6 Å². The van der Waals surface area contributed by atoms with E-state index < -0.39 is 0 Å². The quantitative estimate of drug-likeness (QED) is 0.144. The van der Waals surface area contributed by atoms with Crippen molar-refractivity contribution in [3.05, 3.63) is 60.4 Å². The van der Waals surface area contributed by atoms with E-state index >= 15 is 0 Å². The maximum atomic E-state index is 12.2. The maximum absolute atomic E-state index is 12.2. The fraction of sp³-hybridized carbons (Fsp3) is 0.576. The molecule has 3 rings (SSSR count). The highest BCUT2D eigenvalue weighted by molar-refractivity contribution is 5.77. The van der Waals surface area contributed by atoms with Gasteiger partial charge in [0.15, 0.2) is 6.61 Å². The predicted octanol–water partition coefficient (Wildman–Crippen LogP) is 8.26. The number of nitrogens with one attached hydrogen (secondary N) is 1. The van der Waals surface area contributed by atoms with E-state index in [1.165, 1.54) is 95.4 Å². The highest BCUT2D eigenvalue weighted by Crippen LogP contribution is 2.19. The Balaban J connectivity index is 1.30. The molecule has 1 amide bonds. The number of carbonyl (C=O) groups is 1. The third-order valence-electron chi connectivity index (χ3n) is 7.25. The van der Waals surface area contributed by atoms with Crippen LogP contribution in [0.3, 0.4) is 0 Å². The summed E-state index contributed by atoms with van der Waals surface area (Å²) in [5, 5.41) is 2.98. The van der Waals surface area contributed by atoms with Crippen molar-refractivity contribution in [3.8, 4) is 5.75 Å². The van der Waals surface area contributed by atoms with Gasteiger partial charge in [-0.15, -0.1) is 0 Å². The van der Waals surface area contributed by atoms with Gasteiger partial charge in [0.1, 0.15) is 11.6 Å². The molecule has 5 heteroatoms. The molecule has 0 aliphatic heterocycles. The van der Waals surface area contributed by atoms with Crippen LogP contribution in [0.15, 0.2) is 54.6 Å². The smallest absolute Gasteiger partial charge is 0.257 e. The van der Waals surface area contributed by atoms with Crippen LogP contribution in [-0.2, 0) is 17.8 Å². The molecule has 3 aromatic rings. The van der Waals surface area contributed by atoms with Gasteiger partial charge in [-0.05, 0) is 30.7 Å². The van der Waals surface area contributed by atoms with Crippen LogP contribution in [0.5, 0.6) is 5.75 Å². The third kappa shape index (κ3) is 11.3. The summed E-state index contributed by atoms with van der Waals surface area (Å²) in [5.74, 6) is 1.64. The minimum atomic E-state index is -0.108. The standard InChI is InChI=1S/C33H49N3O2/c1-2-3-4-5-6-7-8-9-10-11-12-13-14-20-27-36-31-24-19-18-23-30(31)35-32(36)25-26-34-33(37)28-38-29-21-16-15-17-22-29/h15-19,21-24H,2-14,20,25-28H2,1H3,(H,34,37). The van der Waals surface area contributed by atoms with Crippen LogP contribution in [0.2, 0.25) is 0 Å². The van der Waals surface area contributed by atoms with Gasteiger partial charge >= 0.3 is 0 Å². The average molecular weight is 520 g/mol. The number of hydrogen-bond acceptors (Lipinski definition) is 3. The number of hydrogen-bond donors (Lipinski definition) is 1. The van der Waals surface area contributed by atoms with Gasteiger partial charge in [0.2, 0.25) is 0 Å². The molecule has 5 nitrogen and oxygen atoms in total. The Kier molecular flexibility index (Phi) is 14.4. The second-order valence-electron chi connectivity index (χ2n) is 10.5. The van der Waals surface area contributed by atoms with Crippen LogP contribution in [0, 0.1) is 0 Å². The Morgan fingerprint density at radius 3 is 2.00 bits per heavy atom. The summed E-state index contributed by atoms with van der Waals surface area (Å²) in [6, 6.07) is 17.8. The normalized spacial score (nSPS) is 11.2. The molecule has 1 N–H and O–H groups in total. The molecule has 1 aromatic heterocycles. The number of nitrogens with zero attached hydrogens (tertiary/aromatic N) is 2. The summed E-state index contributed by atoms with van der Waals surface area (Å²) >= 11 is 0. The minimum absolute atomic E-state index is 0.0273. The molecule has 208 valence electrons. The fourth-order valence-corrected chi connectivity index (χ4v) is 5.06. The van der Waals surface area contributed by atoms with Crippen molar-refractivity contribution in [1.29, 1.82) is 0 Å². The lowest BCUT2D eigenvalue weighted by atomic mass is 10.0. The van der Waals surface area contributed by atoms with E-state index in [9.17, 15) is 4.79 Å². The van der Waals surface area contributed by atoms with E-state index in [1.54, 1.807) is 0 Å². The first-order chi connectivity index (χ1) is 18.8. The Morgan fingerprint density at radius 2 is 1.34 bits per heavy atom. The lowest BCUT2D eigenvalue weighted by Gasteiger charge is -2.11. The van der Waals surface area contributed by atoms with Gasteiger partial charge in [-0.25, -0.2) is 4.98 Å². The molecule has 0 saturated carbocycles. The molecule has 0 aliphatic rings. The van der Waals surface area contributed by atoms with Crippen molar-refractivity contribution in [2.24, 2.45) is 0 Å². The molecule has 0 fully saturated rings. The lowest BCUT2D eigenvalue weighted by Crippen LogP contribution is -2.31. The minimum Gasteiger partial charge on any atom is -0.484 e. The zero-order chi connectivity index (χ0) is 26.7. The van der Waals surface area contributed by atoms with Gasteiger partial charge in [0.25, 0.3) is 5.91 Å². The SMILES string of the molecule is CCCCCCCCCCCCCCCCn1c(CCNC(=O)COc2ccccc2)nc2ccccc21. The highest BCUT2D eigenvalue weighted by Gasteiger charge is 2.11. The molecule has 0 bridgehead atoms. The number of imidazole rings is 1. The molecular formula is C33H49N3O2. The summed E-state index contributed by atoms with van der Waals surface area (Å²) in [7, 11) is 0. The second kappa shape index (κ2) is 18.4. The molecule has 0 atom stereocenters. The first-order valence-electron chi connectivity index (χ1n) is 15.2. The molecule has 0 unspecified atom stereocenters. The van der Waals surface area contributed by atoms with E-state index in [1.807, 2.05) is 36.4 Å². The van der Waals surface area contributed by atoms with Gasteiger partial charge in [-0.3, -0.25) is 4.79 Å². The van der Waals surface area contributed by atoms with Gasteiger partial charge in [-0.2, -0.15) is 0 Å². The van der Waals surface area contributed by atoms with E-state index in [0.717, 1.165) is 17.9 Å². The Bertz CT molecular complexity index is 1030. The molecule has 1 heterocycles. The van der Waals surface area contributed by atoms with Gasteiger partial charge in [-0.1, -0.05) is 121 Å². The largest absolute Gasteiger partial charge is 0.484 e. The first-order valence-corrected chi connectivity index (χ1v) is 15.2. The molecule has 0 aliphatic carbocycles. The molecule has 38 heavy (non-hydrogen) atoms. The summed E-state index contributed by atoms with van der Waals surface area (Å²) in [6.07, 6.45) is 19.9. The average Bonchev–Trinajstić information content (AvgIpc) is 3.30. The third-order valence-corrected chi connectivity index (χ3v) is 7.25. The van der Waals surface area contributed by atoms with Crippen LogP contribution in [0.1, 0.15) is 103 Å². The number of unbranched alkanes of at least 4 members (excludes halogenated alkanes) is 13. The first kappa shape index (κ1) is 29.7. The molecule has 0 spiro atoms. The van der Waals surface area contributed by atoms with Crippen LogP contribution >= 0.6 is 0 Å². The van der Waals surface area contributed by atoms with Gasteiger partial charge < -0.3 is 14.6 Å². The second-order valence-corrected chi connectivity index (χ2v) is 10.5. The molecule has 0 saturated heterocycles. The topological polar surface area (TPSA) is 56.2 Å². The van der Waals surface area contributed by atoms with E-state index in [4.69, 9.17) is 9.72 Å².